The van der Waals surface area contributed by atoms with Gasteiger partial charge < -0.3 is 36.8 Å². The van der Waals surface area contributed by atoms with E-state index >= 15 is 0 Å². The van der Waals surface area contributed by atoms with Gasteiger partial charge in [0.25, 0.3) is 0 Å². The van der Waals surface area contributed by atoms with Crippen LogP contribution in [0.1, 0.15) is 75.3 Å². The first-order valence-electron chi connectivity index (χ1n) is 17.9. The highest BCUT2D eigenvalue weighted by Crippen LogP contribution is 2.37. The van der Waals surface area contributed by atoms with Gasteiger partial charge in [-0.05, 0) is 68.5 Å². The summed E-state index contributed by atoms with van der Waals surface area (Å²) in [7, 11) is 7.31. The molecule has 4 saturated heterocycles. The van der Waals surface area contributed by atoms with Crippen molar-refractivity contribution in [3.05, 3.63) is 72.3 Å². The number of methoxy groups -OCH3 is 2. The third-order valence-corrected chi connectivity index (χ3v) is 10.4. The molecule has 2 unspecified atom stereocenters. The minimum Gasteiger partial charge on any atom is -1.00 e. The van der Waals surface area contributed by atoms with Crippen LogP contribution in [0.25, 0.3) is 5.82 Å². The molecular weight excluding hydrogens is 742 g/mol. The highest BCUT2D eigenvalue weighted by atomic mass is 35.5. The molecule has 4 bridgehead atoms. The summed E-state index contributed by atoms with van der Waals surface area (Å²) < 4.78 is 87.3. The van der Waals surface area contributed by atoms with Gasteiger partial charge in [-0.15, -0.1) is 5.06 Å². The molecule has 17 heteroatoms. The molecule has 1 N–H and O–H groups in total. The number of rotatable bonds is 6. The third-order valence-electron chi connectivity index (χ3n) is 10.4. The van der Waals surface area contributed by atoms with Gasteiger partial charge in [0.15, 0.2) is 6.20 Å². The lowest BCUT2D eigenvalue weighted by Crippen LogP contribution is -3.00. The third kappa shape index (κ3) is 11.4. The van der Waals surface area contributed by atoms with Gasteiger partial charge in [0.1, 0.15) is 0 Å². The number of piperidine rings is 4. The quantitative estimate of drug-likeness (QED) is 0.291. The number of hydrogen-bond donors (Lipinski definition) is 1. The van der Waals surface area contributed by atoms with Gasteiger partial charge in [-0.25, -0.2) is 9.55 Å². The predicted octanol–water partition coefficient (Wildman–Crippen LogP) is 4.28. The number of hydrogen-bond acceptors (Lipinski definition) is 9. The van der Waals surface area contributed by atoms with Crippen LogP contribution in [0, 0.1) is 0 Å². The van der Waals surface area contributed by atoms with Crippen LogP contribution in [-0.4, -0.2) is 90.0 Å². The zero-order valence-corrected chi connectivity index (χ0v) is 31.6. The van der Waals surface area contributed by atoms with E-state index in [0.717, 1.165) is 88.0 Å². The summed E-state index contributed by atoms with van der Waals surface area (Å²) >= 11 is 0. The molecule has 0 amide bonds. The molecule has 0 radical (unpaired) electrons. The van der Waals surface area contributed by atoms with Gasteiger partial charge >= 0.3 is 18.2 Å². The van der Waals surface area contributed by atoms with E-state index < -0.39 is 23.5 Å². The molecule has 4 aliphatic heterocycles. The van der Waals surface area contributed by atoms with Crippen LogP contribution in [0.15, 0.2) is 61.2 Å². The van der Waals surface area contributed by atoms with Gasteiger partial charge in [0.05, 0.1) is 35.7 Å². The van der Waals surface area contributed by atoms with Crippen LogP contribution in [0.3, 0.4) is 0 Å². The Morgan fingerprint density at radius 1 is 0.704 bits per heavy atom. The summed E-state index contributed by atoms with van der Waals surface area (Å²) in [6.07, 6.45) is 7.51. The molecule has 3 aromatic heterocycles. The number of nitrogens with zero attached hydrogens (tertiary/aromatic N) is 6. The lowest BCUT2D eigenvalue weighted by atomic mass is 9.85. The Bertz CT molecular complexity index is 1540. The fourth-order valence-corrected chi connectivity index (χ4v) is 7.41. The van der Waals surface area contributed by atoms with Crippen molar-refractivity contribution in [3.8, 4) is 11.7 Å². The molecule has 0 aromatic carbocycles. The first kappa shape index (κ1) is 43.4. The van der Waals surface area contributed by atoms with E-state index in [4.69, 9.17) is 14.3 Å². The van der Waals surface area contributed by atoms with E-state index in [1.807, 2.05) is 36.2 Å². The summed E-state index contributed by atoms with van der Waals surface area (Å²) in [5.74, 6) is 0.652. The Balaban J connectivity index is 0.000000186. The second-order valence-corrected chi connectivity index (χ2v) is 14.1. The first-order valence-corrected chi connectivity index (χ1v) is 17.9. The zero-order chi connectivity index (χ0) is 38.3. The van der Waals surface area contributed by atoms with Crippen molar-refractivity contribution < 1.29 is 62.8 Å². The fraction of sp³-hybridized carbons (Fsp3) is 0.595. The molecule has 6 atom stereocenters. The number of ether oxygens (including phenoxy) is 2. The maximum Gasteiger partial charge on any atom is 0.420 e. The summed E-state index contributed by atoms with van der Waals surface area (Å²) in [4.78, 5) is 15.3. The van der Waals surface area contributed by atoms with Crippen molar-refractivity contribution in [2.75, 3.05) is 33.2 Å². The van der Waals surface area contributed by atoms with Crippen LogP contribution in [0.2, 0.25) is 0 Å². The van der Waals surface area contributed by atoms with Crippen molar-refractivity contribution in [1.29, 1.82) is 0 Å². The van der Waals surface area contributed by atoms with Gasteiger partial charge in [-0.1, -0.05) is 12.8 Å². The number of aromatic nitrogens is 3. The number of anilines is 1. The van der Waals surface area contributed by atoms with Gasteiger partial charge in [0, 0.05) is 88.6 Å². The number of halogens is 7. The van der Waals surface area contributed by atoms with Crippen molar-refractivity contribution in [2.45, 2.75) is 113 Å². The lowest BCUT2D eigenvalue weighted by molar-refractivity contribution is -0.599. The van der Waals surface area contributed by atoms with E-state index in [-0.39, 0.29) is 36.5 Å². The maximum absolute atomic E-state index is 12.5. The summed E-state index contributed by atoms with van der Waals surface area (Å²) in [6, 6.07) is 9.57. The Labute approximate surface area is 318 Å². The first-order chi connectivity index (χ1) is 25.2. The van der Waals surface area contributed by atoms with Gasteiger partial charge in [-0.3, -0.25) is 0 Å². The topological polar surface area (TPSA) is 87.3 Å². The zero-order valence-electron chi connectivity index (χ0n) is 30.8. The van der Waals surface area contributed by atoms with Crippen LogP contribution < -0.4 is 26.7 Å². The van der Waals surface area contributed by atoms with E-state index in [0.29, 0.717) is 24.0 Å². The predicted molar refractivity (Wildman–Crippen MR) is 183 cm³/mol. The molecular formula is C37H49ClF6N6O4. The molecule has 10 nitrogen and oxygen atoms in total. The molecule has 300 valence electrons. The molecule has 7 heterocycles. The van der Waals surface area contributed by atoms with E-state index in [2.05, 4.69) is 9.97 Å². The largest absolute Gasteiger partial charge is 1.00 e. The number of fused-ring (bicyclic) bond motifs is 4. The molecule has 4 fully saturated rings. The lowest BCUT2D eigenvalue weighted by Gasteiger charge is -2.46. The summed E-state index contributed by atoms with van der Waals surface area (Å²) in [6.45, 7) is 0. The van der Waals surface area contributed by atoms with Crippen molar-refractivity contribution in [1.82, 2.24) is 20.1 Å². The minimum absolute atomic E-state index is 0. The molecule has 3 aromatic rings. The van der Waals surface area contributed by atoms with Crippen LogP contribution in [0.4, 0.5) is 32.0 Å². The number of alkyl halides is 6. The van der Waals surface area contributed by atoms with Crippen molar-refractivity contribution >= 4 is 5.69 Å². The van der Waals surface area contributed by atoms with Gasteiger partial charge in [-0.2, -0.15) is 31.4 Å². The smallest absolute Gasteiger partial charge is 0.420 e. The second-order valence-electron chi connectivity index (χ2n) is 14.1. The highest BCUT2D eigenvalue weighted by molar-refractivity contribution is 5.41. The van der Waals surface area contributed by atoms with Crippen LogP contribution >= 0.6 is 0 Å². The fourth-order valence-electron chi connectivity index (χ4n) is 7.41. The molecule has 54 heavy (non-hydrogen) atoms. The second kappa shape index (κ2) is 19.0. The maximum atomic E-state index is 12.5. The standard InChI is InChI=1S/C15H19F3N2O2.C13H13F3N3.C9H17NO2.ClH/c1-21-13-7-11-3-2-4-12(8-13)20(11)22-14-6-5-10(9-19-14)15(16,17)18;1-18(2)11-5-7-19(8-6-11)12-4-3-10(9-17-12)13(14,15)16;1-12-9-5-7-3-2-4-8(6-9)10(7)11;/h5-6,9,11-13H,2-4,7-8H2,1H3;3-9H,1-2H3;7-9,11H,2-6H2,1H3;1H/q;+1;;/p-1/t11-,12+,13?;;7-,8+,9?;. The Hall–Kier alpha value is -3.28. The average molecular weight is 791 g/mol. The molecule has 4 aliphatic rings. The Morgan fingerprint density at radius 3 is 1.57 bits per heavy atom. The Kier molecular flexibility index (Phi) is 15.3. The molecule has 0 aliphatic carbocycles. The minimum atomic E-state index is -4.38. The van der Waals surface area contributed by atoms with Crippen LogP contribution in [-0.2, 0) is 21.8 Å². The monoisotopic (exact) mass is 790 g/mol. The van der Waals surface area contributed by atoms with E-state index in [9.17, 15) is 31.5 Å². The van der Waals surface area contributed by atoms with E-state index in [1.165, 1.54) is 18.6 Å². The molecule has 0 saturated carbocycles. The summed E-state index contributed by atoms with van der Waals surface area (Å²) in [5, 5.41) is 13.2. The SMILES string of the molecule is CN(C)c1cc[n+](-c2ccc(C(F)(F)F)cn2)cc1.COC1C[C@H]2CCC[C@@H](C1)N2O.COC1C[C@H]2CCC[C@@H](C1)N2Oc1ccc(C(F)(F)F)cn1.[Cl-]. The van der Waals surface area contributed by atoms with E-state index in [1.54, 1.807) is 36.2 Å². The number of pyridine rings is 3. The van der Waals surface area contributed by atoms with Gasteiger partial charge in [0.2, 0.25) is 5.88 Å². The normalized spacial score (nSPS) is 25.5. The number of hydroxylamine groups is 4. The molecule has 0 spiro atoms. The molecule has 7 rings (SSSR count). The van der Waals surface area contributed by atoms with Crippen molar-refractivity contribution in [2.24, 2.45) is 0 Å². The van der Waals surface area contributed by atoms with Crippen LogP contribution in [0.5, 0.6) is 5.88 Å². The summed E-state index contributed by atoms with van der Waals surface area (Å²) in [5.41, 5.74) is -0.511. The Morgan fingerprint density at radius 2 is 1.17 bits per heavy atom. The van der Waals surface area contributed by atoms with Crippen molar-refractivity contribution in [3.63, 3.8) is 0 Å². The highest BCUT2D eigenvalue weighted by Gasteiger charge is 2.41. The average Bonchev–Trinajstić information content (AvgIpc) is 3.11.